The van der Waals surface area contributed by atoms with Gasteiger partial charge < -0.3 is 5.73 Å². The van der Waals surface area contributed by atoms with Gasteiger partial charge >= 0.3 is 17.9 Å². The molecule has 0 saturated heterocycles. The average molecular weight is 252 g/mol. The molecule has 7 heteroatoms. The quantitative estimate of drug-likeness (QED) is 0.575. The van der Waals surface area contributed by atoms with Crippen molar-refractivity contribution in [3.8, 4) is 0 Å². The van der Waals surface area contributed by atoms with Gasteiger partial charge in [-0.3, -0.25) is 0 Å². The molecule has 0 aliphatic carbocycles. The lowest BCUT2D eigenvalue weighted by molar-refractivity contribution is -0.588. The Labute approximate surface area is 90.0 Å². The fourth-order valence-corrected chi connectivity index (χ4v) is 1.09. The molecule has 0 fully saturated rings. The minimum Gasteiger partial charge on any atom is -0.321 e. The predicted molar refractivity (Wildman–Crippen MR) is 46.4 cm³/mol. The van der Waals surface area contributed by atoms with Crippen LogP contribution in [0.3, 0.4) is 0 Å². The molecule has 2 unspecified atom stereocenters. The van der Waals surface area contributed by atoms with E-state index >= 15 is 0 Å². The lowest BCUT2D eigenvalue weighted by Gasteiger charge is -2.28. The van der Waals surface area contributed by atoms with Gasteiger partial charge in [-0.25, -0.2) is 0 Å². The van der Waals surface area contributed by atoms with Crippen molar-refractivity contribution in [2.45, 2.75) is 51.0 Å². The molecular formula is C9H16F6N+. The maximum atomic E-state index is 13.3. The van der Waals surface area contributed by atoms with Crippen LogP contribution in [-0.2, 0) is 0 Å². The molecule has 0 radical (unpaired) electrons. The standard InChI is InChI=1S/C9H15F6N/c1-3-6(2)4-5-7(10,16)8(11,12)9(13,14)15/h6H,3-5,16H2,1-2H3/p+1. The van der Waals surface area contributed by atoms with Crippen molar-refractivity contribution >= 4 is 0 Å². The Morgan fingerprint density at radius 2 is 1.50 bits per heavy atom. The Kier molecular flexibility index (Phi) is 4.67. The van der Waals surface area contributed by atoms with E-state index in [0.29, 0.717) is 6.42 Å². The van der Waals surface area contributed by atoms with Crippen molar-refractivity contribution in [2.75, 3.05) is 0 Å². The summed E-state index contributed by atoms with van der Waals surface area (Å²) in [6.45, 7) is 3.40. The number of hydrogen-bond acceptors (Lipinski definition) is 0. The second-order valence-electron chi connectivity index (χ2n) is 4.09. The third kappa shape index (κ3) is 3.26. The lowest BCUT2D eigenvalue weighted by Crippen LogP contribution is -2.80. The first-order valence-corrected chi connectivity index (χ1v) is 4.94. The summed E-state index contributed by atoms with van der Waals surface area (Å²) < 4.78 is 74.4. The van der Waals surface area contributed by atoms with Crippen molar-refractivity contribution < 1.29 is 32.1 Å². The number of hydrogen-bond donors (Lipinski definition) is 1. The van der Waals surface area contributed by atoms with Crippen molar-refractivity contribution in [1.29, 1.82) is 0 Å². The van der Waals surface area contributed by atoms with E-state index in [1.54, 1.807) is 13.8 Å². The summed E-state index contributed by atoms with van der Waals surface area (Å²) in [7, 11) is 0. The van der Waals surface area contributed by atoms with Gasteiger partial charge in [0.2, 0.25) is 0 Å². The topological polar surface area (TPSA) is 27.6 Å². The van der Waals surface area contributed by atoms with E-state index in [9.17, 15) is 26.3 Å². The van der Waals surface area contributed by atoms with E-state index in [2.05, 4.69) is 5.73 Å². The van der Waals surface area contributed by atoms with Crippen LogP contribution in [0.5, 0.6) is 0 Å². The second-order valence-corrected chi connectivity index (χ2v) is 4.09. The Hall–Kier alpha value is -0.460. The minimum atomic E-state index is -5.90. The lowest BCUT2D eigenvalue weighted by atomic mass is 9.95. The third-order valence-electron chi connectivity index (χ3n) is 2.65. The molecule has 2 atom stereocenters. The molecule has 0 heterocycles. The molecule has 0 rings (SSSR count). The van der Waals surface area contributed by atoms with E-state index in [1.165, 1.54) is 0 Å². The predicted octanol–water partition coefficient (Wildman–Crippen LogP) is 2.92. The van der Waals surface area contributed by atoms with Crippen molar-refractivity contribution in [3.63, 3.8) is 0 Å². The van der Waals surface area contributed by atoms with Crippen molar-refractivity contribution in [2.24, 2.45) is 5.92 Å². The highest BCUT2D eigenvalue weighted by molar-refractivity contribution is 4.89. The Morgan fingerprint density at radius 1 is 1.06 bits per heavy atom. The van der Waals surface area contributed by atoms with Crippen LogP contribution in [0.2, 0.25) is 0 Å². The molecule has 0 spiro atoms. The molecule has 98 valence electrons. The van der Waals surface area contributed by atoms with Crippen molar-refractivity contribution in [3.05, 3.63) is 0 Å². The number of halogens is 6. The number of quaternary nitrogens is 1. The molecule has 16 heavy (non-hydrogen) atoms. The van der Waals surface area contributed by atoms with Crippen LogP contribution in [0, 0.1) is 5.92 Å². The zero-order valence-electron chi connectivity index (χ0n) is 9.17. The zero-order valence-corrected chi connectivity index (χ0v) is 9.17. The molecule has 0 saturated carbocycles. The fourth-order valence-electron chi connectivity index (χ4n) is 1.09. The summed E-state index contributed by atoms with van der Waals surface area (Å²) in [5.74, 6) is -9.32. The Morgan fingerprint density at radius 3 is 1.81 bits per heavy atom. The van der Waals surface area contributed by atoms with Gasteiger partial charge in [-0.2, -0.15) is 26.3 Å². The highest BCUT2D eigenvalue weighted by Gasteiger charge is 2.72. The minimum absolute atomic E-state index is 0.0534. The smallest absolute Gasteiger partial charge is 0.321 e. The molecule has 0 aromatic rings. The van der Waals surface area contributed by atoms with E-state index in [1.807, 2.05) is 0 Å². The van der Waals surface area contributed by atoms with Gasteiger partial charge in [0, 0.05) is 6.42 Å². The van der Waals surface area contributed by atoms with Crippen LogP contribution >= 0.6 is 0 Å². The summed E-state index contributed by atoms with van der Waals surface area (Å²) in [6.07, 6.45) is -6.27. The SMILES string of the molecule is CCC(C)CCC([NH3+])(F)C(F)(F)C(F)(F)F. The summed E-state index contributed by atoms with van der Waals surface area (Å²) in [5.41, 5.74) is 2.38. The van der Waals surface area contributed by atoms with Crippen LogP contribution in [0.25, 0.3) is 0 Å². The molecule has 0 aromatic carbocycles. The second kappa shape index (κ2) is 4.81. The Bertz CT molecular complexity index is 223. The first kappa shape index (κ1) is 15.5. The average Bonchev–Trinajstić information content (AvgIpc) is 2.12. The molecule has 1 nitrogen and oxygen atoms in total. The van der Waals surface area contributed by atoms with Crippen LogP contribution in [0.1, 0.15) is 33.1 Å². The van der Waals surface area contributed by atoms with Crippen LogP contribution in [0.15, 0.2) is 0 Å². The number of rotatable bonds is 5. The summed E-state index contributed by atoms with van der Waals surface area (Å²) in [6, 6.07) is 0. The normalized spacial score (nSPS) is 19.3. The van der Waals surface area contributed by atoms with Gasteiger partial charge in [0.15, 0.2) is 0 Å². The van der Waals surface area contributed by atoms with Gasteiger partial charge in [-0.15, -0.1) is 0 Å². The molecule has 0 bridgehead atoms. The fraction of sp³-hybridized carbons (Fsp3) is 1.00. The van der Waals surface area contributed by atoms with E-state index < -0.39 is 24.3 Å². The van der Waals surface area contributed by atoms with Gasteiger partial charge in [-0.05, 0) is 12.3 Å². The molecule has 0 aliphatic heterocycles. The van der Waals surface area contributed by atoms with Crippen molar-refractivity contribution in [1.82, 2.24) is 0 Å². The highest BCUT2D eigenvalue weighted by atomic mass is 19.4. The first-order chi connectivity index (χ1) is 6.95. The monoisotopic (exact) mass is 252 g/mol. The zero-order chi connectivity index (χ0) is 13.2. The van der Waals surface area contributed by atoms with Gasteiger partial charge in [0.05, 0.1) is 0 Å². The molecule has 0 aliphatic rings. The summed E-state index contributed by atoms with van der Waals surface area (Å²) >= 11 is 0. The highest BCUT2D eigenvalue weighted by Crippen LogP contribution is 2.44. The molecule has 3 N–H and O–H groups in total. The first-order valence-electron chi connectivity index (χ1n) is 4.94. The van der Waals surface area contributed by atoms with Gasteiger partial charge in [0.1, 0.15) is 0 Å². The maximum absolute atomic E-state index is 13.3. The van der Waals surface area contributed by atoms with Gasteiger partial charge in [0.25, 0.3) is 0 Å². The van der Waals surface area contributed by atoms with Crippen LogP contribution < -0.4 is 5.73 Å². The van der Waals surface area contributed by atoms with Crippen LogP contribution in [-0.4, -0.2) is 17.9 Å². The molecule has 0 amide bonds. The number of alkyl halides is 6. The van der Waals surface area contributed by atoms with E-state index in [0.717, 1.165) is 0 Å². The third-order valence-corrected chi connectivity index (χ3v) is 2.65. The molecule has 0 aromatic heterocycles. The summed E-state index contributed by atoms with van der Waals surface area (Å²) in [4.78, 5) is 0. The maximum Gasteiger partial charge on any atom is 0.463 e. The van der Waals surface area contributed by atoms with E-state index in [-0.39, 0.29) is 12.3 Å². The summed E-state index contributed by atoms with van der Waals surface area (Å²) in [5, 5.41) is 0. The molecular weight excluding hydrogens is 236 g/mol. The largest absolute Gasteiger partial charge is 0.463 e. The van der Waals surface area contributed by atoms with E-state index in [4.69, 9.17) is 0 Å². The van der Waals surface area contributed by atoms with Gasteiger partial charge in [-0.1, -0.05) is 20.3 Å². The Balaban J connectivity index is 4.65. The van der Waals surface area contributed by atoms with Crippen LogP contribution in [0.4, 0.5) is 26.3 Å².